The molecule has 1 aromatic carbocycles. The predicted molar refractivity (Wildman–Crippen MR) is 91.3 cm³/mol. The van der Waals surface area contributed by atoms with Gasteiger partial charge in [0.15, 0.2) is 0 Å². The number of benzene rings is 1. The van der Waals surface area contributed by atoms with Gasteiger partial charge in [0.05, 0.1) is 11.6 Å². The maximum absolute atomic E-state index is 12.6. The Bertz CT molecular complexity index is 654. The van der Waals surface area contributed by atoms with Gasteiger partial charge >= 0.3 is 12.1 Å². The summed E-state index contributed by atoms with van der Waals surface area (Å²) >= 11 is 0. The van der Waals surface area contributed by atoms with Crippen LogP contribution in [0.25, 0.3) is 0 Å². The second-order valence-corrected chi connectivity index (χ2v) is 7.98. The maximum atomic E-state index is 12.6. The number of carbonyl (C=O) groups excluding carboxylic acids is 1. The molecule has 1 aromatic rings. The number of fused-ring (bicyclic) bond motifs is 2. The summed E-state index contributed by atoms with van der Waals surface area (Å²) in [6.45, 7) is 6.16. The van der Waals surface area contributed by atoms with Gasteiger partial charge in [-0.1, -0.05) is 18.2 Å². The fourth-order valence-electron chi connectivity index (χ4n) is 3.96. The Hall–Kier alpha value is -2.04. The molecule has 1 saturated carbocycles. The lowest BCUT2D eigenvalue weighted by Gasteiger charge is -2.36. The number of ether oxygens (including phenoxy) is 1. The van der Waals surface area contributed by atoms with Crippen molar-refractivity contribution in [3.63, 3.8) is 0 Å². The van der Waals surface area contributed by atoms with Crippen molar-refractivity contribution < 1.29 is 19.4 Å². The molecule has 1 aliphatic heterocycles. The number of nitrogens with zero attached hydrogens (tertiary/aromatic N) is 1. The topological polar surface area (TPSA) is 66.8 Å². The maximum Gasteiger partial charge on any atom is 0.414 e. The monoisotopic (exact) mass is 331 g/mol. The third kappa shape index (κ3) is 2.99. The molecule has 0 atom stereocenters. The van der Waals surface area contributed by atoms with Crippen LogP contribution in [0.3, 0.4) is 0 Å². The van der Waals surface area contributed by atoms with E-state index in [1.165, 1.54) is 0 Å². The van der Waals surface area contributed by atoms with Crippen molar-refractivity contribution in [1.29, 1.82) is 0 Å². The van der Waals surface area contributed by atoms with Crippen LogP contribution in [-0.2, 0) is 14.9 Å². The summed E-state index contributed by atoms with van der Waals surface area (Å²) in [6, 6.07) is 7.94. The standard InChI is InChI=1S/C19H25NO4/c1-18(2,3)24-17(23)20-12-19(14-6-4-5-7-15(14)20)10-8-13(9-11-19)16(21)22/h4-7,13H,8-12H2,1-3H3,(H,21,22). The van der Waals surface area contributed by atoms with Crippen molar-refractivity contribution in [2.75, 3.05) is 11.4 Å². The molecule has 3 rings (SSSR count). The number of hydrogen-bond donors (Lipinski definition) is 1. The van der Waals surface area contributed by atoms with E-state index < -0.39 is 11.6 Å². The first-order chi connectivity index (χ1) is 11.2. The van der Waals surface area contributed by atoms with Gasteiger partial charge in [-0.25, -0.2) is 4.79 Å². The minimum Gasteiger partial charge on any atom is -0.481 e. The number of rotatable bonds is 1. The summed E-state index contributed by atoms with van der Waals surface area (Å²) in [5.74, 6) is -0.974. The average Bonchev–Trinajstić information content (AvgIpc) is 2.81. The number of carbonyl (C=O) groups is 2. The lowest BCUT2D eigenvalue weighted by Crippen LogP contribution is -2.42. The third-order valence-corrected chi connectivity index (χ3v) is 5.13. The van der Waals surface area contributed by atoms with E-state index >= 15 is 0 Å². The van der Waals surface area contributed by atoms with E-state index in [9.17, 15) is 14.7 Å². The van der Waals surface area contributed by atoms with Crippen LogP contribution in [0.4, 0.5) is 10.5 Å². The molecule has 5 nitrogen and oxygen atoms in total. The quantitative estimate of drug-likeness (QED) is 0.846. The van der Waals surface area contributed by atoms with Crippen LogP contribution in [0.15, 0.2) is 24.3 Å². The van der Waals surface area contributed by atoms with Crippen molar-refractivity contribution in [2.24, 2.45) is 5.92 Å². The van der Waals surface area contributed by atoms with Gasteiger partial charge in [0, 0.05) is 12.0 Å². The van der Waals surface area contributed by atoms with Gasteiger partial charge in [-0.05, 0) is 58.1 Å². The summed E-state index contributed by atoms with van der Waals surface area (Å²) < 4.78 is 5.56. The second kappa shape index (κ2) is 5.80. The minimum absolute atomic E-state index is 0.139. The Morgan fingerprint density at radius 1 is 1.21 bits per heavy atom. The molecular formula is C19H25NO4. The highest BCUT2D eigenvalue weighted by Gasteiger charge is 2.48. The predicted octanol–water partition coefficient (Wildman–Crippen LogP) is 3.95. The molecule has 1 amide bonds. The second-order valence-electron chi connectivity index (χ2n) is 7.98. The van der Waals surface area contributed by atoms with Gasteiger partial charge in [0.2, 0.25) is 0 Å². The van der Waals surface area contributed by atoms with Gasteiger partial charge in [-0.15, -0.1) is 0 Å². The van der Waals surface area contributed by atoms with Gasteiger partial charge < -0.3 is 9.84 Å². The highest BCUT2D eigenvalue weighted by atomic mass is 16.6. The Morgan fingerprint density at radius 2 is 1.83 bits per heavy atom. The van der Waals surface area contributed by atoms with Crippen molar-refractivity contribution in [2.45, 2.75) is 57.5 Å². The van der Waals surface area contributed by atoms with Gasteiger partial charge in [-0.2, -0.15) is 0 Å². The minimum atomic E-state index is -0.708. The van der Waals surface area contributed by atoms with Crippen molar-refractivity contribution in [1.82, 2.24) is 0 Å². The van der Waals surface area contributed by atoms with Crippen LogP contribution in [-0.4, -0.2) is 29.3 Å². The molecule has 24 heavy (non-hydrogen) atoms. The van der Waals surface area contributed by atoms with E-state index in [2.05, 4.69) is 6.07 Å². The zero-order valence-electron chi connectivity index (χ0n) is 14.5. The molecule has 1 fully saturated rings. The van der Waals surface area contributed by atoms with E-state index in [1.54, 1.807) is 4.90 Å². The zero-order chi connectivity index (χ0) is 17.5. The first-order valence-electron chi connectivity index (χ1n) is 8.55. The van der Waals surface area contributed by atoms with Gasteiger partial charge in [-0.3, -0.25) is 9.69 Å². The van der Waals surface area contributed by atoms with E-state index in [1.807, 2.05) is 39.0 Å². The molecule has 1 heterocycles. The average molecular weight is 331 g/mol. The number of anilines is 1. The Balaban J connectivity index is 1.87. The molecular weight excluding hydrogens is 306 g/mol. The number of amides is 1. The first-order valence-corrected chi connectivity index (χ1v) is 8.55. The van der Waals surface area contributed by atoms with Crippen LogP contribution < -0.4 is 4.90 Å². The molecule has 0 aromatic heterocycles. The molecule has 0 saturated heterocycles. The molecule has 2 aliphatic rings. The van der Waals surface area contributed by atoms with Crippen LogP contribution >= 0.6 is 0 Å². The van der Waals surface area contributed by atoms with Crippen molar-refractivity contribution >= 4 is 17.7 Å². The lowest BCUT2D eigenvalue weighted by atomic mass is 9.68. The summed E-state index contributed by atoms with van der Waals surface area (Å²) in [5, 5.41) is 9.25. The fraction of sp³-hybridized carbons (Fsp3) is 0.579. The van der Waals surface area contributed by atoms with Gasteiger partial charge in [0.1, 0.15) is 5.60 Å². The van der Waals surface area contributed by atoms with Crippen LogP contribution in [0.1, 0.15) is 52.0 Å². The van der Waals surface area contributed by atoms with Crippen LogP contribution in [0, 0.1) is 5.92 Å². The molecule has 0 unspecified atom stereocenters. The van der Waals surface area contributed by atoms with Crippen molar-refractivity contribution in [3.05, 3.63) is 29.8 Å². The molecule has 130 valence electrons. The normalized spacial score (nSPS) is 26.3. The number of carboxylic acid groups (broad SMARTS) is 1. The van der Waals surface area contributed by atoms with E-state index in [0.717, 1.165) is 24.1 Å². The summed E-state index contributed by atoms with van der Waals surface area (Å²) in [7, 11) is 0. The third-order valence-electron chi connectivity index (χ3n) is 5.13. The van der Waals surface area contributed by atoms with Crippen LogP contribution in [0.5, 0.6) is 0 Å². The van der Waals surface area contributed by atoms with E-state index in [4.69, 9.17) is 4.74 Å². The Morgan fingerprint density at radius 3 is 2.42 bits per heavy atom. The number of hydrogen-bond acceptors (Lipinski definition) is 3. The summed E-state index contributed by atoms with van der Waals surface area (Å²) in [5.41, 5.74) is 1.38. The van der Waals surface area contributed by atoms with Crippen molar-refractivity contribution in [3.8, 4) is 0 Å². The molecule has 1 spiro atoms. The fourth-order valence-corrected chi connectivity index (χ4v) is 3.96. The largest absolute Gasteiger partial charge is 0.481 e. The smallest absolute Gasteiger partial charge is 0.414 e. The highest BCUT2D eigenvalue weighted by molar-refractivity contribution is 5.91. The molecule has 1 aliphatic carbocycles. The number of para-hydroxylation sites is 1. The number of carboxylic acids is 1. The molecule has 5 heteroatoms. The van der Waals surface area contributed by atoms with Crippen LogP contribution in [0.2, 0.25) is 0 Å². The molecule has 0 radical (unpaired) electrons. The first kappa shape index (κ1) is 16.8. The number of aliphatic carboxylic acids is 1. The highest BCUT2D eigenvalue weighted by Crippen LogP contribution is 2.50. The molecule has 1 N–H and O–H groups in total. The SMILES string of the molecule is CC(C)(C)OC(=O)N1CC2(CCC(C(=O)O)CC2)c2ccccc21. The zero-order valence-corrected chi connectivity index (χ0v) is 14.5. The Labute approximate surface area is 142 Å². The van der Waals surface area contributed by atoms with E-state index in [-0.39, 0.29) is 17.4 Å². The van der Waals surface area contributed by atoms with E-state index in [0.29, 0.717) is 19.4 Å². The molecule has 0 bridgehead atoms. The summed E-state index contributed by atoms with van der Waals surface area (Å²) in [4.78, 5) is 25.6. The lowest BCUT2D eigenvalue weighted by molar-refractivity contribution is -0.143. The van der Waals surface area contributed by atoms with Gasteiger partial charge in [0.25, 0.3) is 0 Å². The Kier molecular flexibility index (Phi) is 4.06. The summed E-state index contributed by atoms with van der Waals surface area (Å²) in [6.07, 6.45) is 2.57.